The zero-order chi connectivity index (χ0) is 26.3. The molecule has 1 saturated heterocycles. The molecular weight excluding hydrogens is 468 g/mol. The van der Waals surface area contributed by atoms with Gasteiger partial charge in [0.25, 0.3) is 11.7 Å². The molecule has 0 spiro atoms. The van der Waals surface area contributed by atoms with E-state index in [1.54, 1.807) is 24.4 Å². The number of carbonyl (C=O) groups excluding carboxylic acids is 2. The molecule has 1 unspecified atom stereocenters. The largest absolute Gasteiger partial charge is 0.507 e. The molecule has 1 fully saturated rings. The first-order valence-electron chi connectivity index (χ1n) is 12.0. The van der Waals surface area contributed by atoms with Gasteiger partial charge in [-0.3, -0.25) is 14.5 Å². The number of ketones is 1. The summed E-state index contributed by atoms with van der Waals surface area (Å²) >= 11 is 0. The summed E-state index contributed by atoms with van der Waals surface area (Å²) in [5.74, 6) is -0.611. The summed E-state index contributed by atoms with van der Waals surface area (Å²) in [6.45, 7) is 4.19. The fourth-order valence-electron chi connectivity index (χ4n) is 4.87. The minimum absolute atomic E-state index is 0.00819. The Labute approximate surface area is 214 Å². The number of aliphatic hydroxyl groups is 1. The molecule has 2 heterocycles. The van der Waals surface area contributed by atoms with Gasteiger partial charge in [-0.05, 0) is 41.8 Å². The van der Waals surface area contributed by atoms with Crippen molar-refractivity contribution >= 4 is 34.0 Å². The number of nitrogens with one attached hydrogen (secondary N) is 1. The third kappa shape index (κ3) is 4.02. The summed E-state index contributed by atoms with van der Waals surface area (Å²) in [5.41, 5.74) is 3.54. The topological polar surface area (TPSA) is 91.9 Å². The van der Waals surface area contributed by atoms with Crippen molar-refractivity contribution in [1.29, 1.82) is 0 Å². The van der Waals surface area contributed by atoms with E-state index in [4.69, 9.17) is 9.47 Å². The second-order valence-corrected chi connectivity index (χ2v) is 9.27. The van der Waals surface area contributed by atoms with Crippen molar-refractivity contribution in [2.45, 2.75) is 25.8 Å². The Morgan fingerprint density at radius 3 is 2.38 bits per heavy atom. The average molecular weight is 497 g/mol. The van der Waals surface area contributed by atoms with Gasteiger partial charge in [0.2, 0.25) is 0 Å². The number of amides is 1. The Balaban J connectivity index is 1.75. The highest BCUT2D eigenvalue weighted by atomic mass is 16.5. The predicted octanol–water partition coefficient (Wildman–Crippen LogP) is 5.93. The molecular formula is C30H28N2O5. The highest BCUT2D eigenvalue weighted by Crippen LogP contribution is 2.45. The number of nitrogens with zero attached hydrogens (tertiary/aromatic N) is 1. The summed E-state index contributed by atoms with van der Waals surface area (Å²) in [7, 11) is 3.00. The molecule has 4 aromatic rings. The molecule has 0 saturated carbocycles. The lowest BCUT2D eigenvalue weighted by Gasteiger charge is -2.25. The fraction of sp³-hybridized carbons (Fsp3) is 0.200. The second kappa shape index (κ2) is 9.50. The van der Waals surface area contributed by atoms with Gasteiger partial charge in [0.15, 0.2) is 0 Å². The van der Waals surface area contributed by atoms with Crippen molar-refractivity contribution in [3.8, 4) is 11.5 Å². The molecule has 7 nitrogen and oxygen atoms in total. The van der Waals surface area contributed by atoms with Crippen LogP contribution in [0.3, 0.4) is 0 Å². The standard InChI is InChI=1S/C30H28N2O5/c1-17(2)18-9-11-19(12-10-18)32-27(23-16-31-24-8-6-5-7-21(23)24)26(29(34)30(32)35)28(33)22-14-13-20(36-3)15-25(22)37-4/h5-17,27,31,33H,1-4H3/b28-26+. The number of fused-ring (bicyclic) bond motifs is 1. The van der Waals surface area contributed by atoms with Crippen molar-refractivity contribution in [1.82, 2.24) is 4.98 Å². The average Bonchev–Trinajstić information content (AvgIpc) is 3.46. The van der Waals surface area contributed by atoms with Crippen LogP contribution in [0.2, 0.25) is 0 Å². The van der Waals surface area contributed by atoms with Crippen LogP contribution in [-0.4, -0.2) is 36.0 Å². The number of aliphatic hydroxyl groups excluding tert-OH is 1. The van der Waals surface area contributed by atoms with Crippen LogP contribution in [0.1, 0.15) is 42.5 Å². The molecule has 0 aliphatic carbocycles. The number of carbonyl (C=O) groups is 2. The zero-order valence-electron chi connectivity index (χ0n) is 21.1. The van der Waals surface area contributed by atoms with E-state index in [2.05, 4.69) is 18.8 Å². The second-order valence-electron chi connectivity index (χ2n) is 9.27. The summed E-state index contributed by atoms with van der Waals surface area (Å²) in [5, 5.41) is 12.4. The minimum atomic E-state index is -0.854. The molecule has 2 N–H and O–H groups in total. The Kier molecular flexibility index (Phi) is 6.21. The molecule has 188 valence electrons. The number of hydrogen-bond acceptors (Lipinski definition) is 5. The molecule has 0 bridgehead atoms. The lowest BCUT2D eigenvalue weighted by Crippen LogP contribution is -2.29. The number of benzene rings is 3. The number of anilines is 1. The third-order valence-corrected chi connectivity index (χ3v) is 6.86. The number of H-pyrrole nitrogens is 1. The number of para-hydroxylation sites is 1. The van der Waals surface area contributed by atoms with Crippen molar-refractivity contribution in [2.75, 3.05) is 19.1 Å². The summed E-state index contributed by atoms with van der Waals surface area (Å²) in [6.07, 6.45) is 1.79. The lowest BCUT2D eigenvalue weighted by molar-refractivity contribution is -0.132. The lowest BCUT2D eigenvalue weighted by atomic mass is 9.94. The van der Waals surface area contributed by atoms with Crippen LogP contribution in [0.4, 0.5) is 5.69 Å². The van der Waals surface area contributed by atoms with Crippen LogP contribution < -0.4 is 14.4 Å². The van der Waals surface area contributed by atoms with Crippen LogP contribution in [0.5, 0.6) is 11.5 Å². The monoisotopic (exact) mass is 496 g/mol. The highest BCUT2D eigenvalue weighted by molar-refractivity contribution is 6.52. The molecule has 37 heavy (non-hydrogen) atoms. The van der Waals surface area contributed by atoms with Gasteiger partial charge in [-0.1, -0.05) is 44.2 Å². The van der Waals surface area contributed by atoms with E-state index < -0.39 is 17.7 Å². The van der Waals surface area contributed by atoms with Crippen molar-refractivity contribution in [3.63, 3.8) is 0 Å². The number of aromatic nitrogens is 1. The van der Waals surface area contributed by atoms with E-state index in [9.17, 15) is 14.7 Å². The first-order valence-corrected chi connectivity index (χ1v) is 12.0. The normalized spacial score (nSPS) is 17.1. The van der Waals surface area contributed by atoms with Gasteiger partial charge in [-0.25, -0.2) is 0 Å². The maximum absolute atomic E-state index is 13.6. The third-order valence-electron chi connectivity index (χ3n) is 6.86. The maximum Gasteiger partial charge on any atom is 0.300 e. The maximum atomic E-state index is 13.6. The van der Waals surface area contributed by atoms with E-state index in [0.717, 1.165) is 16.5 Å². The van der Waals surface area contributed by atoms with Crippen molar-refractivity contribution in [3.05, 3.63) is 95.2 Å². The van der Waals surface area contributed by atoms with Gasteiger partial charge < -0.3 is 19.6 Å². The predicted molar refractivity (Wildman–Crippen MR) is 143 cm³/mol. The quantitative estimate of drug-likeness (QED) is 0.196. The van der Waals surface area contributed by atoms with E-state index in [1.807, 2.05) is 48.5 Å². The van der Waals surface area contributed by atoms with Gasteiger partial charge in [-0.15, -0.1) is 0 Å². The summed E-state index contributed by atoms with van der Waals surface area (Å²) < 4.78 is 10.8. The van der Waals surface area contributed by atoms with Crippen LogP contribution in [0.15, 0.2) is 78.5 Å². The van der Waals surface area contributed by atoms with Crippen LogP contribution in [-0.2, 0) is 9.59 Å². The number of rotatable bonds is 6. The number of ether oxygens (including phenoxy) is 2. The Bertz CT molecular complexity index is 1530. The molecule has 3 aromatic carbocycles. The molecule has 5 rings (SSSR count). The SMILES string of the molecule is COc1ccc(/C(O)=C2\C(=O)C(=O)N(c3ccc(C(C)C)cc3)C2c2c[nH]c3ccccc23)c(OC)c1. The Hall–Kier alpha value is -4.52. The minimum Gasteiger partial charge on any atom is -0.507 e. The van der Waals surface area contributed by atoms with Gasteiger partial charge >= 0.3 is 0 Å². The summed E-state index contributed by atoms with van der Waals surface area (Å²) in [6, 6.07) is 19.3. The molecule has 7 heteroatoms. The highest BCUT2D eigenvalue weighted by Gasteiger charge is 2.48. The Morgan fingerprint density at radius 1 is 0.973 bits per heavy atom. The van der Waals surface area contributed by atoms with E-state index in [-0.39, 0.29) is 11.3 Å². The molecule has 1 atom stereocenters. The smallest absolute Gasteiger partial charge is 0.300 e. The number of hydrogen-bond donors (Lipinski definition) is 2. The first kappa shape index (κ1) is 24.2. The van der Waals surface area contributed by atoms with Gasteiger partial charge in [0.05, 0.1) is 31.4 Å². The fourth-order valence-corrected chi connectivity index (χ4v) is 4.87. The molecule has 0 radical (unpaired) electrons. The van der Waals surface area contributed by atoms with Gasteiger partial charge in [0, 0.05) is 34.4 Å². The van der Waals surface area contributed by atoms with Crippen LogP contribution >= 0.6 is 0 Å². The van der Waals surface area contributed by atoms with E-state index in [1.165, 1.54) is 19.1 Å². The van der Waals surface area contributed by atoms with Gasteiger partial charge in [0.1, 0.15) is 17.3 Å². The van der Waals surface area contributed by atoms with Crippen molar-refractivity contribution in [2.24, 2.45) is 0 Å². The molecule has 1 aromatic heterocycles. The zero-order valence-corrected chi connectivity index (χ0v) is 21.1. The molecule has 1 aliphatic heterocycles. The van der Waals surface area contributed by atoms with Crippen LogP contribution in [0, 0.1) is 0 Å². The van der Waals surface area contributed by atoms with Gasteiger partial charge in [-0.2, -0.15) is 0 Å². The first-order chi connectivity index (χ1) is 17.8. The summed E-state index contributed by atoms with van der Waals surface area (Å²) in [4.78, 5) is 31.8. The Morgan fingerprint density at radius 2 is 1.70 bits per heavy atom. The number of methoxy groups -OCH3 is 2. The van der Waals surface area contributed by atoms with Crippen molar-refractivity contribution < 1.29 is 24.2 Å². The van der Waals surface area contributed by atoms with Crippen LogP contribution in [0.25, 0.3) is 16.7 Å². The number of Topliss-reactive ketones (excluding diaryl/α,β-unsaturated/α-hetero) is 1. The number of aromatic amines is 1. The van der Waals surface area contributed by atoms with E-state index >= 15 is 0 Å². The molecule has 1 aliphatic rings. The molecule has 1 amide bonds. The van der Waals surface area contributed by atoms with E-state index in [0.29, 0.717) is 34.2 Å².